The molecule has 2 rings (SSSR count). The topological polar surface area (TPSA) is 83.2 Å². The van der Waals surface area contributed by atoms with Gasteiger partial charge in [0.05, 0.1) is 11.3 Å². The van der Waals surface area contributed by atoms with Crippen molar-refractivity contribution >= 4 is 17.6 Å². The van der Waals surface area contributed by atoms with E-state index in [0.717, 1.165) is 5.56 Å². The van der Waals surface area contributed by atoms with Crippen molar-refractivity contribution in [2.24, 2.45) is 0 Å². The molecule has 1 heterocycles. The zero-order valence-electron chi connectivity index (χ0n) is 11.1. The summed E-state index contributed by atoms with van der Waals surface area (Å²) in [7, 11) is 0. The number of carbonyl (C=O) groups is 1. The number of hydrogen-bond acceptors (Lipinski definition) is 4. The first-order chi connectivity index (χ1) is 10.2. The first-order valence-corrected chi connectivity index (χ1v) is 6.17. The Morgan fingerprint density at radius 3 is 2.62 bits per heavy atom. The minimum atomic E-state index is -1.03. The molecule has 104 valence electrons. The smallest absolute Gasteiger partial charge is 0.341 e. The highest BCUT2D eigenvalue weighted by molar-refractivity contribution is 5.88. The van der Waals surface area contributed by atoms with Gasteiger partial charge in [-0.2, -0.15) is 5.26 Å². The van der Waals surface area contributed by atoms with E-state index in [1.807, 2.05) is 6.07 Å². The zero-order chi connectivity index (χ0) is 15.1. The molecule has 0 spiro atoms. The summed E-state index contributed by atoms with van der Waals surface area (Å²) in [4.78, 5) is 14.5. The third-order valence-electron chi connectivity index (χ3n) is 2.61. The Bertz CT molecular complexity index is 686. The van der Waals surface area contributed by atoms with Crippen LogP contribution < -0.4 is 4.74 Å². The molecule has 0 aliphatic carbocycles. The summed E-state index contributed by atoms with van der Waals surface area (Å²) in [6, 6.07) is 14.3. The zero-order valence-corrected chi connectivity index (χ0v) is 11.1. The van der Waals surface area contributed by atoms with Crippen LogP contribution in [-0.2, 0) is 4.79 Å². The van der Waals surface area contributed by atoms with Gasteiger partial charge in [-0.1, -0.05) is 18.2 Å². The minimum Gasteiger partial charge on any atom is -0.482 e. The van der Waals surface area contributed by atoms with Crippen molar-refractivity contribution in [2.75, 3.05) is 6.61 Å². The van der Waals surface area contributed by atoms with Crippen LogP contribution in [0, 0.1) is 11.3 Å². The van der Waals surface area contributed by atoms with Crippen LogP contribution in [0.15, 0.2) is 48.7 Å². The van der Waals surface area contributed by atoms with E-state index in [1.165, 1.54) is 0 Å². The molecule has 0 atom stereocenters. The van der Waals surface area contributed by atoms with Crippen LogP contribution in [0.2, 0.25) is 0 Å². The van der Waals surface area contributed by atoms with Crippen LogP contribution in [0.1, 0.15) is 11.3 Å². The van der Waals surface area contributed by atoms with E-state index in [0.29, 0.717) is 17.0 Å². The molecule has 1 aromatic carbocycles. The molecule has 0 radical (unpaired) electrons. The summed E-state index contributed by atoms with van der Waals surface area (Å²) in [6.07, 6.45) is 3.34. The maximum absolute atomic E-state index is 10.4. The normalized spacial score (nSPS) is 10.7. The van der Waals surface area contributed by atoms with Crippen molar-refractivity contribution in [1.29, 1.82) is 5.26 Å². The fourth-order valence-corrected chi connectivity index (χ4v) is 1.66. The van der Waals surface area contributed by atoms with Gasteiger partial charge in [0.15, 0.2) is 6.61 Å². The number of hydrogen-bond donors (Lipinski definition) is 1. The standard InChI is InChI=1S/C16H12N2O3/c17-10-13(15-3-1-2-8-18-15)9-12-4-6-14(7-5-12)21-11-16(19)20/h1-9H,11H2,(H,19,20)/b13-9+. The molecule has 0 saturated carbocycles. The average molecular weight is 280 g/mol. The number of aliphatic carboxylic acids is 1. The predicted molar refractivity (Wildman–Crippen MR) is 77.3 cm³/mol. The molecule has 0 aliphatic rings. The Labute approximate surface area is 121 Å². The van der Waals surface area contributed by atoms with E-state index in [2.05, 4.69) is 11.1 Å². The van der Waals surface area contributed by atoms with Crippen LogP contribution in [0.5, 0.6) is 5.75 Å². The maximum atomic E-state index is 10.4. The molecule has 21 heavy (non-hydrogen) atoms. The molecule has 0 unspecified atom stereocenters. The van der Waals surface area contributed by atoms with Gasteiger partial charge in [0.25, 0.3) is 0 Å². The SMILES string of the molecule is N#C/C(=C\c1ccc(OCC(=O)O)cc1)c1ccccn1. The van der Waals surface area contributed by atoms with Gasteiger partial charge in [0.2, 0.25) is 0 Å². The van der Waals surface area contributed by atoms with Crippen LogP contribution in [0.25, 0.3) is 11.6 Å². The van der Waals surface area contributed by atoms with Crippen LogP contribution in [-0.4, -0.2) is 22.7 Å². The lowest BCUT2D eigenvalue weighted by atomic mass is 10.1. The monoisotopic (exact) mass is 280 g/mol. The fourth-order valence-electron chi connectivity index (χ4n) is 1.66. The van der Waals surface area contributed by atoms with Gasteiger partial charge >= 0.3 is 5.97 Å². The maximum Gasteiger partial charge on any atom is 0.341 e. The summed E-state index contributed by atoms with van der Waals surface area (Å²) >= 11 is 0. The Balaban J connectivity index is 2.16. The fraction of sp³-hybridized carbons (Fsp3) is 0.0625. The Hall–Kier alpha value is -3.13. The molecule has 0 saturated heterocycles. The van der Waals surface area contributed by atoms with Gasteiger partial charge in [0, 0.05) is 6.20 Å². The quantitative estimate of drug-likeness (QED) is 0.851. The number of rotatable bonds is 5. The van der Waals surface area contributed by atoms with E-state index in [4.69, 9.17) is 9.84 Å². The number of carboxylic acid groups (broad SMARTS) is 1. The highest BCUT2D eigenvalue weighted by Crippen LogP contribution is 2.18. The van der Waals surface area contributed by atoms with E-state index >= 15 is 0 Å². The van der Waals surface area contributed by atoms with Crippen LogP contribution in [0.3, 0.4) is 0 Å². The largest absolute Gasteiger partial charge is 0.482 e. The Kier molecular flexibility index (Phi) is 4.67. The van der Waals surface area contributed by atoms with E-state index < -0.39 is 5.97 Å². The second-order valence-electron chi connectivity index (χ2n) is 4.14. The third-order valence-corrected chi connectivity index (χ3v) is 2.61. The highest BCUT2D eigenvalue weighted by Gasteiger charge is 2.02. The average Bonchev–Trinajstić information content (AvgIpc) is 2.52. The van der Waals surface area contributed by atoms with Crippen LogP contribution >= 0.6 is 0 Å². The van der Waals surface area contributed by atoms with Crippen LogP contribution in [0.4, 0.5) is 0 Å². The first-order valence-electron chi connectivity index (χ1n) is 6.17. The number of pyridine rings is 1. The molecule has 5 heteroatoms. The molecule has 1 N–H and O–H groups in total. The van der Waals surface area contributed by atoms with Gasteiger partial charge in [-0.3, -0.25) is 4.98 Å². The van der Waals surface area contributed by atoms with Gasteiger partial charge < -0.3 is 9.84 Å². The van der Waals surface area contributed by atoms with Crippen molar-refractivity contribution in [3.63, 3.8) is 0 Å². The van der Waals surface area contributed by atoms with Gasteiger partial charge in [0.1, 0.15) is 11.8 Å². The third kappa shape index (κ3) is 4.18. The van der Waals surface area contributed by atoms with Crippen molar-refractivity contribution < 1.29 is 14.6 Å². The summed E-state index contributed by atoms with van der Waals surface area (Å²) in [5.41, 5.74) is 1.86. The molecule has 0 amide bonds. The second kappa shape index (κ2) is 6.87. The Morgan fingerprint density at radius 1 is 1.29 bits per heavy atom. The lowest BCUT2D eigenvalue weighted by Gasteiger charge is -2.03. The van der Waals surface area contributed by atoms with Crippen molar-refractivity contribution in [1.82, 2.24) is 4.98 Å². The predicted octanol–water partition coefficient (Wildman–Crippen LogP) is 2.61. The molecular formula is C16H12N2O3. The summed E-state index contributed by atoms with van der Waals surface area (Å²) in [5, 5.41) is 17.7. The van der Waals surface area contributed by atoms with Crippen molar-refractivity contribution in [3.8, 4) is 11.8 Å². The molecule has 0 aliphatic heterocycles. The number of ether oxygens (including phenoxy) is 1. The molecule has 5 nitrogen and oxygen atoms in total. The number of allylic oxidation sites excluding steroid dienone is 1. The number of aromatic nitrogens is 1. The Morgan fingerprint density at radius 2 is 2.05 bits per heavy atom. The molecular weight excluding hydrogens is 268 g/mol. The number of nitrogens with zero attached hydrogens (tertiary/aromatic N) is 2. The van der Waals surface area contributed by atoms with Gasteiger partial charge in [-0.05, 0) is 35.9 Å². The van der Waals surface area contributed by atoms with Crippen molar-refractivity contribution in [2.45, 2.75) is 0 Å². The second-order valence-corrected chi connectivity index (χ2v) is 4.14. The number of carboxylic acids is 1. The lowest BCUT2D eigenvalue weighted by Crippen LogP contribution is -2.09. The molecule has 2 aromatic rings. The minimum absolute atomic E-state index is 0.382. The van der Waals surface area contributed by atoms with E-state index in [-0.39, 0.29) is 6.61 Å². The lowest BCUT2D eigenvalue weighted by molar-refractivity contribution is -0.139. The van der Waals surface area contributed by atoms with E-state index in [1.54, 1.807) is 48.7 Å². The van der Waals surface area contributed by atoms with Gasteiger partial charge in [-0.25, -0.2) is 4.79 Å². The summed E-state index contributed by atoms with van der Waals surface area (Å²) < 4.78 is 5.04. The summed E-state index contributed by atoms with van der Waals surface area (Å²) in [6.45, 7) is -0.382. The summed E-state index contributed by atoms with van der Waals surface area (Å²) in [5.74, 6) is -0.563. The molecule has 0 bridgehead atoms. The van der Waals surface area contributed by atoms with Crippen molar-refractivity contribution in [3.05, 3.63) is 59.9 Å². The molecule has 1 aromatic heterocycles. The number of benzene rings is 1. The van der Waals surface area contributed by atoms with Gasteiger partial charge in [-0.15, -0.1) is 0 Å². The van der Waals surface area contributed by atoms with E-state index in [9.17, 15) is 10.1 Å². The first kappa shape index (κ1) is 14.3. The number of nitriles is 1. The molecule has 0 fully saturated rings. The highest BCUT2D eigenvalue weighted by atomic mass is 16.5.